The van der Waals surface area contributed by atoms with Crippen LogP contribution in [0.1, 0.15) is 22.6 Å². The number of carbonyl (C=O) groups is 2. The average Bonchev–Trinajstić information content (AvgIpc) is 3.61. The third kappa shape index (κ3) is 3.77. The van der Waals surface area contributed by atoms with E-state index in [4.69, 9.17) is 23.2 Å². The first-order valence-electron chi connectivity index (χ1n) is 13.6. The molecule has 0 saturated carbocycles. The van der Waals surface area contributed by atoms with Gasteiger partial charge in [0.2, 0.25) is 0 Å². The normalized spacial score (nSPS) is 29.8. The lowest BCUT2D eigenvalue weighted by molar-refractivity contribution is -0.385. The van der Waals surface area contributed by atoms with Crippen molar-refractivity contribution in [2.75, 3.05) is 37.1 Å². The van der Waals surface area contributed by atoms with Gasteiger partial charge in [-0.25, -0.2) is 0 Å². The Labute approximate surface area is 256 Å². The number of thioether (sulfide) groups is 1. The van der Waals surface area contributed by atoms with Gasteiger partial charge >= 0.3 is 0 Å². The number of hydrogen-bond donors (Lipinski definition) is 1. The van der Waals surface area contributed by atoms with Crippen LogP contribution in [0.5, 0.6) is 0 Å². The molecule has 2 spiro atoms. The summed E-state index contributed by atoms with van der Waals surface area (Å²) in [4.78, 5) is 45.6. The van der Waals surface area contributed by atoms with Crippen molar-refractivity contribution in [2.45, 2.75) is 17.5 Å². The van der Waals surface area contributed by atoms with E-state index in [2.05, 4.69) is 15.1 Å². The van der Waals surface area contributed by atoms with Gasteiger partial charge in [0, 0.05) is 75.7 Å². The highest BCUT2D eigenvalue weighted by Gasteiger charge is 2.78. The molecule has 0 aliphatic carbocycles. The van der Waals surface area contributed by atoms with Crippen LogP contribution < -0.4 is 5.32 Å². The molecule has 0 aromatic heterocycles. The van der Waals surface area contributed by atoms with Crippen LogP contribution >= 0.6 is 35.0 Å². The molecular formula is C31H26Cl2N4O4S. The fraction of sp³-hybridized carbons (Fsp3) is 0.290. The molecule has 4 atom stereocenters. The lowest BCUT2D eigenvalue weighted by Gasteiger charge is -2.51. The Bertz CT molecular complexity index is 1680. The predicted octanol–water partition coefficient (Wildman–Crippen LogP) is 5.81. The van der Waals surface area contributed by atoms with Crippen LogP contribution in [0.3, 0.4) is 0 Å². The number of benzene rings is 3. The van der Waals surface area contributed by atoms with Crippen LogP contribution in [-0.2, 0) is 15.1 Å². The van der Waals surface area contributed by atoms with E-state index in [-0.39, 0.29) is 29.3 Å². The van der Waals surface area contributed by atoms with E-state index < -0.39 is 15.9 Å². The number of nitro groups is 1. The number of nitro benzene ring substituents is 1. The topological polar surface area (TPSA) is 95.8 Å². The van der Waals surface area contributed by atoms with Gasteiger partial charge in [0.1, 0.15) is 5.54 Å². The van der Waals surface area contributed by atoms with Crippen LogP contribution in [-0.4, -0.2) is 64.2 Å². The van der Waals surface area contributed by atoms with Gasteiger partial charge in [-0.15, -0.1) is 11.8 Å². The second-order valence-corrected chi connectivity index (χ2v) is 13.3. The standard InChI is InChI=1S/C31H26Cl2N4O4S/c1-35-14-20(12-18-2-6-21(32)7-3-18)28(38)30(16-35)27(19-4-8-22(33)9-5-19)26-15-42-17-36(26)31(30)24-13-23(37(40)41)10-11-25(24)34-29(31)39/h2-13,26-27H,14-17H2,1H3,(H,34,39)/b20-12+/t26-,27+,30-,31-/m0/s1. The summed E-state index contributed by atoms with van der Waals surface area (Å²) < 4.78 is 0. The minimum Gasteiger partial charge on any atom is -0.324 e. The van der Waals surface area contributed by atoms with Crippen molar-refractivity contribution in [3.63, 3.8) is 0 Å². The summed E-state index contributed by atoms with van der Waals surface area (Å²) in [6, 6.07) is 19.1. The molecule has 4 aliphatic heterocycles. The maximum atomic E-state index is 15.3. The second kappa shape index (κ2) is 9.92. The van der Waals surface area contributed by atoms with Gasteiger partial charge in [0.05, 0.1) is 10.3 Å². The number of fused-ring (bicyclic) bond motifs is 5. The van der Waals surface area contributed by atoms with Crippen LogP contribution in [0.2, 0.25) is 10.0 Å². The summed E-state index contributed by atoms with van der Waals surface area (Å²) in [7, 11) is 1.95. The molecule has 3 saturated heterocycles. The number of piperidine rings is 1. The zero-order valence-electron chi connectivity index (χ0n) is 22.6. The van der Waals surface area contributed by atoms with E-state index in [1.54, 1.807) is 30.0 Å². The Morgan fingerprint density at radius 1 is 1.05 bits per heavy atom. The van der Waals surface area contributed by atoms with E-state index in [1.165, 1.54) is 12.1 Å². The zero-order chi connectivity index (χ0) is 29.4. The smallest absolute Gasteiger partial charge is 0.269 e. The number of nitrogens with zero attached hydrogens (tertiary/aromatic N) is 3. The Kier molecular flexibility index (Phi) is 6.52. The molecule has 0 unspecified atom stereocenters. The Morgan fingerprint density at radius 3 is 2.43 bits per heavy atom. The quantitative estimate of drug-likeness (QED) is 0.224. The highest BCUT2D eigenvalue weighted by Crippen LogP contribution is 2.68. The lowest BCUT2D eigenvalue weighted by Crippen LogP contribution is -2.65. The summed E-state index contributed by atoms with van der Waals surface area (Å²) in [5.41, 5.74) is 0.430. The molecule has 3 fully saturated rings. The molecule has 42 heavy (non-hydrogen) atoms. The molecule has 0 radical (unpaired) electrons. The van der Waals surface area contributed by atoms with Gasteiger partial charge in [0.15, 0.2) is 5.78 Å². The number of ketones is 1. The van der Waals surface area contributed by atoms with Crippen molar-refractivity contribution in [3.05, 3.63) is 109 Å². The molecule has 1 amide bonds. The van der Waals surface area contributed by atoms with Crippen molar-refractivity contribution >= 4 is 64.1 Å². The summed E-state index contributed by atoms with van der Waals surface area (Å²) >= 11 is 14.1. The van der Waals surface area contributed by atoms with Crippen molar-refractivity contribution in [1.29, 1.82) is 0 Å². The number of carbonyl (C=O) groups excluding carboxylic acids is 2. The molecule has 11 heteroatoms. The molecule has 7 rings (SSSR count). The SMILES string of the molecule is CN1C/C(=C\c2ccc(Cl)cc2)C(=O)[C@]2(C1)[C@H](c1ccc(Cl)cc1)[C@@H]1CSCN1[C@@]21C(=O)Nc2ccc([N+](=O)[O-])cc21. The maximum absolute atomic E-state index is 15.3. The van der Waals surface area contributed by atoms with E-state index in [0.717, 1.165) is 11.1 Å². The monoisotopic (exact) mass is 620 g/mol. The number of hydrogen-bond acceptors (Lipinski definition) is 7. The minimum absolute atomic E-state index is 0.119. The molecule has 1 N–H and O–H groups in total. The maximum Gasteiger partial charge on any atom is 0.269 e. The molecule has 4 heterocycles. The highest BCUT2D eigenvalue weighted by atomic mass is 35.5. The number of rotatable bonds is 3. The largest absolute Gasteiger partial charge is 0.324 e. The van der Waals surface area contributed by atoms with E-state index in [1.807, 2.05) is 49.5 Å². The predicted molar refractivity (Wildman–Crippen MR) is 165 cm³/mol. The number of halogens is 2. The van der Waals surface area contributed by atoms with E-state index in [9.17, 15) is 14.9 Å². The molecule has 4 aliphatic rings. The molecule has 3 aromatic rings. The highest BCUT2D eigenvalue weighted by molar-refractivity contribution is 7.99. The van der Waals surface area contributed by atoms with Crippen LogP contribution in [0.4, 0.5) is 11.4 Å². The van der Waals surface area contributed by atoms with E-state index in [0.29, 0.717) is 51.6 Å². The van der Waals surface area contributed by atoms with Crippen LogP contribution in [0.25, 0.3) is 6.08 Å². The number of amides is 1. The van der Waals surface area contributed by atoms with Gasteiger partial charge in [-0.1, -0.05) is 47.5 Å². The Balaban J connectivity index is 1.54. The number of Topliss-reactive ketones (excluding diaryl/α,β-unsaturated/α-hetero) is 1. The number of anilines is 1. The summed E-state index contributed by atoms with van der Waals surface area (Å²) in [5.74, 6) is 0.395. The molecule has 3 aromatic carbocycles. The van der Waals surface area contributed by atoms with Crippen molar-refractivity contribution in [2.24, 2.45) is 5.41 Å². The Hall–Kier alpha value is -3.21. The minimum atomic E-state index is -1.46. The van der Waals surface area contributed by atoms with Crippen LogP contribution in [0, 0.1) is 15.5 Å². The van der Waals surface area contributed by atoms with Crippen molar-refractivity contribution in [1.82, 2.24) is 9.80 Å². The van der Waals surface area contributed by atoms with Gasteiger partial charge in [-0.05, 0) is 54.6 Å². The first kappa shape index (κ1) is 27.6. The van der Waals surface area contributed by atoms with Gasteiger partial charge in [-0.2, -0.15) is 0 Å². The third-order valence-corrected chi connectivity index (χ3v) is 10.7. The fourth-order valence-electron chi connectivity index (χ4n) is 7.78. The number of likely N-dealkylation sites (N-methyl/N-ethyl adjacent to an activating group) is 1. The lowest BCUT2D eigenvalue weighted by atomic mass is 9.55. The van der Waals surface area contributed by atoms with Gasteiger partial charge in [-0.3, -0.25) is 24.6 Å². The van der Waals surface area contributed by atoms with Gasteiger partial charge in [0.25, 0.3) is 11.6 Å². The Morgan fingerprint density at radius 2 is 1.74 bits per heavy atom. The second-order valence-electron chi connectivity index (χ2n) is 11.4. The first-order chi connectivity index (χ1) is 20.2. The summed E-state index contributed by atoms with van der Waals surface area (Å²) in [6.45, 7) is 0.694. The summed E-state index contributed by atoms with van der Waals surface area (Å²) in [6.07, 6.45) is 1.88. The summed E-state index contributed by atoms with van der Waals surface area (Å²) in [5, 5.41) is 16.2. The molecule has 214 valence electrons. The number of likely N-dealkylation sites (tertiary alicyclic amines) is 1. The fourth-order valence-corrected chi connectivity index (χ4v) is 9.33. The first-order valence-corrected chi connectivity index (χ1v) is 15.5. The van der Waals surface area contributed by atoms with Crippen molar-refractivity contribution < 1.29 is 14.5 Å². The van der Waals surface area contributed by atoms with Crippen molar-refractivity contribution in [3.8, 4) is 0 Å². The van der Waals surface area contributed by atoms with Crippen LogP contribution in [0.15, 0.2) is 72.3 Å². The average molecular weight is 622 g/mol. The zero-order valence-corrected chi connectivity index (χ0v) is 24.9. The number of nitrogens with one attached hydrogen (secondary N) is 1. The molecule has 8 nitrogen and oxygen atoms in total. The molecular weight excluding hydrogens is 595 g/mol. The van der Waals surface area contributed by atoms with E-state index >= 15 is 4.79 Å². The molecule has 0 bridgehead atoms. The third-order valence-electron chi connectivity index (χ3n) is 9.19. The number of non-ortho nitro benzene ring substituents is 1. The van der Waals surface area contributed by atoms with Gasteiger partial charge < -0.3 is 10.2 Å².